The zero-order valence-electron chi connectivity index (χ0n) is 13.9. The second-order valence-corrected chi connectivity index (χ2v) is 8.26. The Morgan fingerprint density at radius 1 is 0.958 bits per heavy atom. The molecule has 0 unspecified atom stereocenters. The van der Waals surface area contributed by atoms with E-state index in [4.69, 9.17) is 0 Å². The van der Waals surface area contributed by atoms with Gasteiger partial charge >= 0.3 is 0 Å². The van der Waals surface area contributed by atoms with E-state index in [0.717, 1.165) is 18.4 Å². The Morgan fingerprint density at radius 2 is 1.58 bits per heavy atom. The Kier molecular flexibility index (Phi) is 5.17. The molecule has 0 amide bonds. The SMILES string of the molecule is Cc1ccc(S(=O)(=O)N2CCC(/C=C/c3ccccc3)CC2)cc1. The first-order chi connectivity index (χ1) is 11.6. The summed E-state index contributed by atoms with van der Waals surface area (Å²) in [6.45, 7) is 3.13. The molecule has 1 saturated heterocycles. The quantitative estimate of drug-likeness (QED) is 0.839. The molecule has 3 nitrogen and oxygen atoms in total. The summed E-state index contributed by atoms with van der Waals surface area (Å²) in [6, 6.07) is 17.3. The summed E-state index contributed by atoms with van der Waals surface area (Å²) >= 11 is 0. The summed E-state index contributed by atoms with van der Waals surface area (Å²) < 4.78 is 27.0. The van der Waals surface area contributed by atoms with Crippen molar-refractivity contribution in [2.75, 3.05) is 13.1 Å². The first-order valence-electron chi connectivity index (χ1n) is 8.36. The van der Waals surface area contributed by atoms with Gasteiger partial charge in [-0.2, -0.15) is 4.31 Å². The highest BCUT2D eigenvalue weighted by Gasteiger charge is 2.28. The Hall–Kier alpha value is -1.91. The molecule has 0 radical (unpaired) electrons. The van der Waals surface area contributed by atoms with Crippen molar-refractivity contribution in [1.29, 1.82) is 0 Å². The van der Waals surface area contributed by atoms with E-state index in [0.29, 0.717) is 23.9 Å². The number of hydrogen-bond acceptors (Lipinski definition) is 2. The fraction of sp³-hybridized carbons (Fsp3) is 0.300. The molecule has 3 rings (SSSR count). The summed E-state index contributed by atoms with van der Waals surface area (Å²) in [5.41, 5.74) is 2.26. The topological polar surface area (TPSA) is 37.4 Å². The van der Waals surface area contributed by atoms with Crippen LogP contribution in [0.2, 0.25) is 0 Å². The van der Waals surface area contributed by atoms with Crippen LogP contribution in [0.15, 0.2) is 65.6 Å². The predicted molar refractivity (Wildman–Crippen MR) is 98.1 cm³/mol. The number of nitrogens with zero attached hydrogens (tertiary/aromatic N) is 1. The monoisotopic (exact) mass is 341 g/mol. The van der Waals surface area contributed by atoms with Crippen molar-refractivity contribution in [2.24, 2.45) is 5.92 Å². The lowest BCUT2D eigenvalue weighted by Gasteiger charge is -2.30. The van der Waals surface area contributed by atoms with Crippen molar-refractivity contribution in [1.82, 2.24) is 4.31 Å². The van der Waals surface area contributed by atoms with Crippen LogP contribution in [0.25, 0.3) is 6.08 Å². The number of aryl methyl sites for hydroxylation is 1. The summed E-state index contributed by atoms with van der Waals surface area (Å²) in [6.07, 6.45) is 6.09. The van der Waals surface area contributed by atoms with E-state index in [-0.39, 0.29) is 0 Å². The molecule has 0 N–H and O–H groups in total. The van der Waals surface area contributed by atoms with Gasteiger partial charge in [-0.05, 0) is 43.4 Å². The van der Waals surface area contributed by atoms with E-state index in [1.807, 2.05) is 37.3 Å². The minimum absolute atomic E-state index is 0.395. The molecular formula is C20H23NO2S. The number of rotatable bonds is 4. The van der Waals surface area contributed by atoms with Crippen LogP contribution in [0, 0.1) is 12.8 Å². The summed E-state index contributed by atoms with van der Waals surface area (Å²) in [5, 5.41) is 0. The van der Waals surface area contributed by atoms with Gasteiger partial charge in [-0.25, -0.2) is 8.42 Å². The third-order valence-corrected chi connectivity index (χ3v) is 6.43. The Labute approximate surface area is 144 Å². The maximum atomic E-state index is 12.7. The van der Waals surface area contributed by atoms with E-state index in [1.54, 1.807) is 16.4 Å². The molecule has 0 aromatic heterocycles. The average molecular weight is 341 g/mol. The molecule has 4 heteroatoms. The molecule has 0 aliphatic carbocycles. The number of hydrogen-bond donors (Lipinski definition) is 0. The minimum atomic E-state index is -3.36. The normalized spacial score (nSPS) is 17.4. The van der Waals surface area contributed by atoms with Crippen molar-refractivity contribution in [2.45, 2.75) is 24.7 Å². The van der Waals surface area contributed by atoms with Crippen molar-refractivity contribution in [3.05, 3.63) is 71.8 Å². The van der Waals surface area contributed by atoms with Crippen LogP contribution >= 0.6 is 0 Å². The average Bonchev–Trinajstić information content (AvgIpc) is 2.61. The molecule has 0 atom stereocenters. The van der Waals surface area contributed by atoms with Crippen molar-refractivity contribution in [3.63, 3.8) is 0 Å². The zero-order valence-corrected chi connectivity index (χ0v) is 14.7. The van der Waals surface area contributed by atoms with Gasteiger partial charge in [-0.1, -0.05) is 60.2 Å². The van der Waals surface area contributed by atoms with Gasteiger partial charge in [0.2, 0.25) is 10.0 Å². The zero-order chi connectivity index (χ0) is 17.0. The molecule has 0 spiro atoms. The molecule has 1 heterocycles. The highest BCUT2D eigenvalue weighted by molar-refractivity contribution is 7.89. The number of allylic oxidation sites excluding steroid dienone is 1. The molecule has 2 aromatic rings. The van der Waals surface area contributed by atoms with Gasteiger partial charge < -0.3 is 0 Å². The molecule has 1 aliphatic heterocycles. The fourth-order valence-electron chi connectivity index (χ4n) is 2.98. The highest BCUT2D eigenvalue weighted by Crippen LogP contribution is 2.25. The van der Waals surface area contributed by atoms with Gasteiger partial charge in [0, 0.05) is 13.1 Å². The lowest BCUT2D eigenvalue weighted by atomic mass is 9.97. The molecule has 1 aliphatic rings. The van der Waals surface area contributed by atoms with Gasteiger partial charge in [0.05, 0.1) is 4.90 Å². The van der Waals surface area contributed by atoms with E-state index in [9.17, 15) is 8.42 Å². The van der Waals surface area contributed by atoms with Crippen LogP contribution in [-0.4, -0.2) is 25.8 Å². The molecule has 0 saturated carbocycles. The Balaban J connectivity index is 1.62. The number of sulfonamides is 1. The maximum Gasteiger partial charge on any atom is 0.243 e. The van der Waals surface area contributed by atoms with Crippen LogP contribution < -0.4 is 0 Å². The largest absolute Gasteiger partial charge is 0.243 e. The first kappa shape index (κ1) is 16.9. The van der Waals surface area contributed by atoms with Gasteiger partial charge in [-0.3, -0.25) is 0 Å². The third-order valence-electron chi connectivity index (χ3n) is 4.52. The minimum Gasteiger partial charge on any atom is -0.207 e. The summed E-state index contributed by atoms with van der Waals surface area (Å²) in [7, 11) is -3.36. The molecule has 24 heavy (non-hydrogen) atoms. The third kappa shape index (κ3) is 3.94. The second-order valence-electron chi connectivity index (χ2n) is 6.32. The van der Waals surface area contributed by atoms with Crippen LogP contribution in [-0.2, 0) is 10.0 Å². The summed E-state index contributed by atoms with van der Waals surface area (Å²) in [4.78, 5) is 0.395. The van der Waals surface area contributed by atoms with Crippen LogP contribution in [0.1, 0.15) is 24.0 Å². The van der Waals surface area contributed by atoms with Crippen molar-refractivity contribution in [3.8, 4) is 0 Å². The molecule has 0 bridgehead atoms. The molecule has 2 aromatic carbocycles. The van der Waals surface area contributed by atoms with Crippen LogP contribution in [0.4, 0.5) is 0 Å². The van der Waals surface area contributed by atoms with Gasteiger partial charge in [0.25, 0.3) is 0 Å². The predicted octanol–water partition coefficient (Wildman–Crippen LogP) is 4.11. The smallest absolute Gasteiger partial charge is 0.207 e. The number of piperidine rings is 1. The van der Waals surface area contributed by atoms with Crippen molar-refractivity contribution >= 4 is 16.1 Å². The first-order valence-corrected chi connectivity index (χ1v) is 9.80. The van der Waals surface area contributed by atoms with Gasteiger partial charge in [0.1, 0.15) is 0 Å². The van der Waals surface area contributed by atoms with E-state index in [2.05, 4.69) is 24.3 Å². The standard InChI is InChI=1S/C20H23NO2S/c1-17-7-11-20(12-8-17)24(22,23)21-15-13-19(14-16-21)10-9-18-5-3-2-4-6-18/h2-12,19H,13-16H2,1H3/b10-9+. The second kappa shape index (κ2) is 7.32. The highest BCUT2D eigenvalue weighted by atomic mass is 32.2. The fourth-order valence-corrected chi connectivity index (χ4v) is 4.45. The van der Waals surface area contributed by atoms with Gasteiger partial charge in [0.15, 0.2) is 0 Å². The molecule has 126 valence electrons. The van der Waals surface area contributed by atoms with E-state index < -0.39 is 10.0 Å². The van der Waals surface area contributed by atoms with Crippen molar-refractivity contribution < 1.29 is 8.42 Å². The Morgan fingerprint density at radius 3 is 2.21 bits per heavy atom. The van der Waals surface area contributed by atoms with E-state index in [1.165, 1.54) is 5.56 Å². The summed E-state index contributed by atoms with van der Waals surface area (Å²) in [5.74, 6) is 0.440. The lowest BCUT2D eigenvalue weighted by Crippen LogP contribution is -2.38. The van der Waals surface area contributed by atoms with E-state index >= 15 is 0 Å². The Bertz CT molecular complexity index is 787. The maximum absolute atomic E-state index is 12.7. The van der Waals surface area contributed by atoms with Gasteiger partial charge in [-0.15, -0.1) is 0 Å². The lowest BCUT2D eigenvalue weighted by molar-refractivity contribution is 0.306. The van der Waals surface area contributed by atoms with Crippen LogP contribution in [0.3, 0.4) is 0 Å². The number of benzene rings is 2. The van der Waals surface area contributed by atoms with Crippen LogP contribution in [0.5, 0.6) is 0 Å². The molecular weight excluding hydrogens is 318 g/mol. The molecule has 1 fully saturated rings.